The molecule has 1 aliphatic heterocycles. The molecule has 2 aromatic heterocycles. The lowest BCUT2D eigenvalue weighted by molar-refractivity contribution is -0.130. The van der Waals surface area contributed by atoms with Gasteiger partial charge >= 0.3 is 0 Å². The molecule has 0 bridgehead atoms. The SMILES string of the molecule is CC(=O)N1CCCC(c2nc(Nc3cc(F)cc(F)c3)cc(-c3cccnc3)n2)C1. The Morgan fingerprint density at radius 2 is 1.97 bits per heavy atom. The first kappa shape index (κ1) is 19.9. The number of hydrogen-bond acceptors (Lipinski definition) is 5. The molecule has 1 amide bonds. The standard InChI is InChI=1S/C22H21F2N5O/c1-14(30)29-7-3-5-16(13-29)22-27-20(15-4-2-6-25-12-15)11-21(28-22)26-19-9-17(23)8-18(24)10-19/h2,4,6,8-12,16H,3,5,7,13H2,1H3,(H,26,27,28). The molecule has 1 fully saturated rings. The molecule has 0 spiro atoms. The minimum Gasteiger partial charge on any atom is -0.342 e. The molecule has 1 unspecified atom stereocenters. The second kappa shape index (κ2) is 8.52. The van der Waals surface area contributed by atoms with Crippen LogP contribution in [-0.4, -0.2) is 38.8 Å². The van der Waals surface area contributed by atoms with Crippen molar-refractivity contribution in [2.24, 2.45) is 0 Å². The van der Waals surface area contributed by atoms with Crippen LogP contribution in [0.15, 0.2) is 48.8 Å². The number of halogens is 2. The van der Waals surface area contributed by atoms with Gasteiger partial charge < -0.3 is 10.2 Å². The molecule has 154 valence electrons. The molecule has 4 rings (SSSR count). The van der Waals surface area contributed by atoms with Crippen LogP contribution >= 0.6 is 0 Å². The fraction of sp³-hybridized carbons (Fsp3) is 0.273. The number of nitrogens with one attached hydrogen (secondary N) is 1. The number of likely N-dealkylation sites (tertiary alicyclic amines) is 1. The molecule has 1 aromatic carbocycles. The Kier molecular flexibility index (Phi) is 5.65. The minimum absolute atomic E-state index is 0.0240. The van der Waals surface area contributed by atoms with Crippen LogP contribution in [0.3, 0.4) is 0 Å². The first-order valence-electron chi connectivity index (χ1n) is 9.76. The summed E-state index contributed by atoms with van der Waals surface area (Å²) in [6.45, 7) is 2.82. The highest BCUT2D eigenvalue weighted by atomic mass is 19.1. The highest BCUT2D eigenvalue weighted by Gasteiger charge is 2.26. The number of carbonyl (C=O) groups is 1. The van der Waals surface area contributed by atoms with Crippen molar-refractivity contribution in [3.63, 3.8) is 0 Å². The summed E-state index contributed by atoms with van der Waals surface area (Å²) in [5.41, 5.74) is 1.70. The summed E-state index contributed by atoms with van der Waals surface area (Å²) >= 11 is 0. The van der Waals surface area contributed by atoms with Gasteiger partial charge in [-0.1, -0.05) is 0 Å². The van der Waals surface area contributed by atoms with Crippen molar-refractivity contribution < 1.29 is 13.6 Å². The van der Waals surface area contributed by atoms with E-state index in [1.165, 1.54) is 12.1 Å². The van der Waals surface area contributed by atoms with Crippen molar-refractivity contribution in [2.45, 2.75) is 25.7 Å². The van der Waals surface area contributed by atoms with Gasteiger partial charge in [-0.25, -0.2) is 18.7 Å². The van der Waals surface area contributed by atoms with Gasteiger partial charge in [0, 0.05) is 61.7 Å². The van der Waals surface area contributed by atoms with E-state index in [0.29, 0.717) is 23.9 Å². The molecule has 8 heteroatoms. The highest BCUT2D eigenvalue weighted by Crippen LogP contribution is 2.29. The van der Waals surface area contributed by atoms with Crippen molar-refractivity contribution in [3.05, 3.63) is 66.3 Å². The van der Waals surface area contributed by atoms with Gasteiger partial charge in [0.15, 0.2) is 0 Å². The summed E-state index contributed by atoms with van der Waals surface area (Å²) in [6, 6.07) is 8.63. The average molecular weight is 409 g/mol. The molecule has 1 N–H and O–H groups in total. The minimum atomic E-state index is -0.677. The lowest BCUT2D eigenvalue weighted by Gasteiger charge is -2.31. The summed E-state index contributed by atoms with van der Waals surface area (Å²) in [7, 11) is 0. The summed E-state index contributed by atoms with van der Waals surface area (Å²) in [6.07, 6.45) is 5.09. The lowest BCUT2D eigenvalue weighted by atomic mass is 9.97. The number of carbonyl (C=O) groups excluding carboxylic acids is 1. The van der Waals surface area contributed by atoms with E-state index in [1.54, 1.807) is 30.3 Å². The predicted molar refractivity (Wildman–Crippen MR) is 109 cm³/mol. The van der Waals surface area contributed by atoms with Crippen LogP contribution in [0.2, 0.25) is 0 Å². The number of benzene rings is 1. The van der Waals surface area contributed by atoms with Gasteiger partial charge in [-0.15, -0.1) is 0 Å². The third-order valence-corrected chi connectivity index (χ3v) is 5.07. The van der Waals surface area contributed by atoms with Gasteiger partial charge in [0.05, 0.1) is 5.69 Å². The average Bonchev–Trinajstić information content (AvgIpc) is 2.73. The van der Waals surface area contributed by atoms with Crippen LogP contribution in [-0.2, 0) is 4.79 Å². The summed E-state index contributed by atoms with van der Waals surface area (Å²) in [5.74, 6) is -0.349. The van der Waals surface area contributed by atoms with Crippen LogP contribution in [0.4, 0.5) is 20.3 Å². The number of amides is 1. The van der Waals surface area contributed by atoms with Crippen LogP contribution < -0.4 is 5.32 Å². The number of aromatic nitrogens is 3. The molecular weight excluding hydrogens is 388 g/mol. The molecule has 3 aromatic rings. The number of piperidine rings is 1. The molecule has 1 aliphatic rings. The van der Waals surface area contributed by atoms with Crippen molar-refractivity contribution in [1.29, 1.82) is 0 Å². The number of pyridine rings is 1. The van der Waals surface area contributed by atoms with E-state index in [2.05, 4.69) is 15.3 Å². The maximum Gasteiger partial charge on any atom is 0.219 e. The second-order valence-corrected chi connectivity index (χ2v) is 7.33. The van der Waals surface area contributed by atoms with Crippen LogP contribution in [0.1, 0.15) is 31.5 Å². The molecule has 0 aliphatic carbocycles. The van der Waals surface area contributed by atoms with E-state index >= 15 is 0 Å². The van der Waals surface area contributed by atoms with E-state index in [4.69, 9.17) is 4.98 Å². The van der Waals surface area contributed by atoms with E-state index in [-0.39, 0.29) is 17.5 Å². The zero-order valence-corrected chi connectivity index (χ0v) is 16.5. The van der Waals surface area contributed by atoms with Gasteiger partial charge in [-0.2, -0.15) is 0 Å². The third-order valence-electron chi connectivity index (χ3n) is 5.07. The maximum absolute atomic E-state index is 13.6. The summed E-state index contributed by atoms with van der Waals surface area (Å²) in [5, 5.41) is 2.98. The molecule has 3 heterocycles. The largest absolute Gasteiger partial charge is 0.342 e. The van der Waals surface area contributed by atoms with Crippen molar-refractivity contribution >= 4 is 17.4 Å². The fourth-order valence-electron chi connectivity index (χ4n) is 3.62. The van der Waals surface area contributed by atoms with Crippen molar-refractivity contribution in [3.8, 4) is 11.3 Å². The first-order chi connectivity index (χ1) is 14.5. The Morgan fingerprint density at radius 3 is 2.67 bits per heavy atom. The molecular formula is C22H21F2N5O. The smallest absolute Gasteiger partial charge is 0.219 e. The fourth-order valence-corrected chi connectivity index (χ4v) is 3.62. The first-order valence-corrected chi connectivity index (χ1v) is 9.76. The van der Waals surface area contributed by atoms with E-state index in [0.717, 1.165) is 31.0 Å². The zero-order valence-electron chi connectivity index (χ0n) is 16.5. The third kappa shape index (κ3) is 4.59. The summed E-state index contributed by atoms with van der Waals surface area (Å²) in [4.78, 5) is 27.1. The number of hydrogen-bond donors (Lipinski definition) is 1. The molecule has 1 saturated heterocycles. The Hall–Kier alpha value is -3.42. The van der Waals surface area contributed by atoms with Crippen LogP contribution in [0, 0.1) is 11.6 Å². The number of rotatable bonds is 4. The molecule has 30 heavy (non-hydrogen) atoms. The Labute approximate surface area is 173 Å². The normalized spacial score (nSPS) is 16.4. The van der Waals surface area contributed by atoms with Crippen molar-refractivity contribution in [1.82, 2.24) is 19.9 Å². The van der Waals surface area contributed by atoms with Gasteiger partial charge in [0.25, 0.3) is 0 Å². The molecule has 6 nitrogen and oxygen atoms in total. The quantitative estimate of drug-likeness (QED) is 0.696. The van der Waals surface area contributed by atoms with Gasteiger partial charge in [-0.3, -0.25) is 9.78 Å². The molecule has 1 atom stereocenters. The van der Waals surface area contributed by atoms with Gasteiger partial charge in [-0.05, 0) is 37.1 Å². The van der Waals surface area contributed by atoms with Gasteiger partial charge in [0.1, 0.15) is 23.3 Å². The Bertz CT molecular complexity index is 1040. The van der Waals surface area contributed by atoms with E-state index in [9.17, 15) is 13.6 Å². The highest BCUT2D eigenvalue weighted by molar-refractivity contribution is 5.73. The van der Waals surface area contributed by atoms with Crippen LogP contribution in [0.25, 0.3) is 11.3 Å². The topological polar surface area (TPSA) is 71.0 Å². The zero-order chi connectivity index (χ0) is 21.1. The second-order valence-electron chi connectivity index (χ2n) is 7.33. The monoisotopic (exact) mass is 409 g/mol. The Morgan fingerprint density at radius 1 is 1.17 bits per heavy atom. The van der Waals surface area contributed by atoms with E-state index < -0.39 is 11.6 Å². The van der Waals surface area contributed by atoms with Crippen LogP contribution in [0.5, 0.6) is 0 Å². The van der Waals surface area contributed by atoms with E-state index in [1.807, 2.05) is 12.1 Å². The van der Waals surface area contributed by atoms with Crippen molar-refractivity contribution in [2.75, 3.05) is 18.4 Å². The van der Waals surface area contributed by atoms with Gasteiger partial charge in [0.2, 0.25) is 5.91 Å². The lowest BCUT2D eigenvalue weighted by Crippen LogP contribution is -2.38. The maximum atomic E-state index is 13.6. The summed E-state index contributed by atoms with van der Waals surface area (Å²) < 4.78 is 27.2. The molecule has 0 radical (unpaired) electrons. The Balaban J connectivity index is 1.72. The number of nitrogens with zero attached hydrogens (tertiary/aromatic N) is 4. The molecule has 0 saturated carbocycles. The predicted octanol–water partition coefficient (Wildman–Crippen LogP) is 4.29. The number of anilines is 2.